The molecule has 0 spiro atoms. The maximum absolute atomic E-state index is 11.9. The Kier molecular flexibility index (Phi) is 5.19. The number of carbonyl (C=O) groups excluding carboxylic acids is 1. The standard InChI is InChI=1S/C11H16N4O4/c1-7(6-19-2)4-14-11(16)8-3-10(12)13-5-9(8)15(17)18/h3,5,7H,4,6H2,1-2H3,(H2,12,13)(H,14,16). The Hall–Kier alpha value is -2.22. The number of methoxy groups -OCH3 is 1. The van der Waals surface area contributed by atoms with E-state index in [1.165, 1.54) is 6.07 Å². The third-order valence-corrected chi connectivity index (χ3v) is 2.41. The Bertz CT molecular complexity index is 478. The Morgan fingerprint density at radius 3 is 2.95 bits per heavy atom. The molecule has 0 saturated heterocycles. The van der Waals surface area contributed by atoms with Gasteiger partial charge in [0.2, 0.25) is 0 Å². The molecule has 1 heterocycles. The minimum atomic E-state index is -0.667. The van der Waals surface area contributed by atoms with Crippen molar-refractivity contribution >= 4 is 17.4 Å². The second-order valence-electron chi connectivity index (χ2n) is 4.15. The summed E-state index contributed by atoms with van der Waals surface area (Å²) in [4.78, 5) is 25.6. The van der Waals surface area contributed by atoms with E-state index in [9.17, 15) is 14.9 Å². The van der Waals surface area contributed by atoms with Gasteiger partial charge in [0.15, 0.2) is 0 Å². The van der Waals surface area contributed by atoms with E-state index in [1.54, 1.807) is 7.11 Å². The summed E-state index contributed by atoms with van der Waals surface area (Å²) in [5.41, 5.74) is 4.97. The number of nitrogens with zero attached hydrogens (tertiary/aromatic N) is 2. The molecule has 104 valence electrons. The molecule has 0 aromatic carbocycles. The van der Waals surface area contributed by atoms with Crippen LogP contribution in [-0.4, -0.2) is 36.1 Å². The predicted octanol–water partition coefficient (Wildman–Crippen LogP) is 0.584. The number of anilines is 1. The highest BCUT2D eigenvalue weighted by atomic mass is 16.6. The lowest BCUT2D eigenvalue weighted by molar-refractivity contribution is -0.385. The SMILES string of the molecule is COCC(C)CNC(=O)c1cc(N)ncc1[N+](=O)[O-]. The van der Waals surface area contributed by atoms with Crippen LogP contribution in [0.3, 0.4) is 0 Å². The lowest BCUT2D eigenvalue weighted by Crippen LogP contribution is -2.30. The van der Waals surface area contributed by atoms with Crippen LogP contribution in [0.15, 0.2) is 12.3 Å². The zero-order valence-electron chi connectivity index (χ0n) is 10.8. The molecule has 8 nitrogen and oxygen atoms in total. The maximum Gasteiger partial charge on any atom is 0.300 e. The number of amides is 1. The molecular weight excluding hydrogens is 252 g/mol. The van der Waals surface area contributed by atoms with Gasteiger partial charge in [0, 0.05) is 13.7 Å². The van der Waals surface area contributed by atoms with Crippen LogP contribution in [0.25, 0.3) is 0 Å². The quantitative estimate of drug-likeness (QED) is 0.575. The molecule has 0 bridgehead atoms. The topological polar surface area (TPSA) is 120 Å². The van der Waals surface area contributed by atoms with Crippen LogP contribution >= 0.6 is 0 Å². The molecule has 0 saturated carbocycles. The number of nitrogens with one attached hydrogen (secondary N) is 1. The van der Waals surface area contributed by atoms with Crippen molar-refractivity contribution in [1.82, 2.24) is 10.3 Å². The Morgan fingerprint density at radius 2 is 2.37 bits per heavy atom. The van der Waals surface area contributed by atoms with Gasteiger partial charge in [0.25, 0.3) is 11.6 Å². The van der Waals surface area contributed by atoms with Crippen molar-refractivity contribution in [2.24, 2.45) is 5.92 Å². The fourth-order valence-electron chi connectivity index (χ4n) is 1.50. The van der Waals surface area contributed by atoms with E-state index in [0.717, 1.165) is 6.20 Å². The van der Waals surface area contributed by atoms with Crippen LogP contribution < -0.4 is 11.1 Å². The van der Waals surface area contributed by atoms with Crippen LogP contribution in [0.1, 0.15) is 17.3 Å². The summed E-state index contributed by atoms with van der Waals surface area (Å²) in [6.45, 7) is 2.73. The summed E-state index contributed by atoms with van der Waals surface area (Å²) >= 11 is 0. The molecule has 19 heavy (non-hydrogen) atoms. The zero-order valence-corrected chi connectivity index (χ0v) is 10.8. The summed E-state index contributed by atoms with van der Waals surface area (Å²) in [6, 6.07) is 1.19. The minimum absolute atomic E-state index is 0.0562. The zero-order chi connectivity index (χ0) is 14.4. The third kappa shape index (κ3) is 4.18. The van der Waals surface area contributed by atoms with E-state index in [4.69, 9.17) is 10.5 Å². The molecule has 0 fully saturated rings. The molecular formula is C11H16N4O4. The van der Waals surface area contributed by atoms with E-state index >= 15 is 0 Å². The van der Waals surface area contributed by atoms with Crippen molar-refractivity contribution in [1.29, 1.82) is 0 Å². The van der Waals surface area contributed by atoms with Gasteiger partial charge in [-0.1, -0.05) is 6.92 Å². The Balaban J connectivity index is 2.81. The second-order valence-corrected chi connectivity index (χ2v) is 4.15. The van der Waals surface area contributed by atoms with Crippen molar-refractivity contribution in [2.45, 2.75) is 6.92 Å². The lowest BCUT2D eigenvalue weighted by Gasteiger charge is -2.11. The van der Waals surface area contributed by atoms with Crippen molar-refractivity contribution in [3.63, 3.8) is 0 Å². The van der Waals surface area contributed by atoms with E-state index in [2.05, 4.69) is 10.3 Å². The van der Waals surface area contributed by atoms with E-state index in [1.807, 2.05) is 6.92 Å². The lowest BCUT2D eigenvalue weighted by atomic mass is 10.1. The molecule has 0 radical (unpaired) electrons. The van der Waals surface area contributed by atoms with Gasteiger partial charge >= 0.3 is 0 Å². The largest absolute Gasteiger partial charge is 0.384 e. The fourth-order valence-corrected chi connectivity index (χ4v) is 1.50. The molecule has 1 atom stereocenters. The molecule has 1 aromatic heterocycles. The summed E-state index contributed by atoms with van der Waals surface area (Å²) in [6.07, 6.45) is 0.975. The smallest absolute Gasteiger partial charge is 0.300 e. The van der Waals surface area contributed by atoms with Gasteiger partial charge in [-0.15, -0.1) is 0 Å². The maximum atomic E-state index is 11.9. The fraction of sp³-hybridized carbons (Fsp3) is 0.455. The first-order chi connectivity index (χ1) is 8.95. The van der Waals surface area contributed by atoms with Gasteiger partial charge in [0.05, 0.1) is 11.5 Å². The third-order valence-electron chi connectivity index (χ3n) is 2.41. The molecule has 1 rings (SSSR count). The van der Waals surface area contributed by atoms with Crippen molar-refractivity contribution in [3.05, 3.63) is 27.9 Å². The van der Waals surface area contributed by atoms with Crippen molar-refractivity contribution in [3.8, 4) is 0 Å². The summed E-state index contributed by atoms with van der Waals surface area (Å²) in [5, 5.41) is 13.4. The number of hydrogen-bond donors (Lipinski definition) is 2. The molecule has 1 amide bonds. The van der Waals surface area contributed by atoms with Crippen molar-refractivity contribution < 1.29 is 14.5 Å². The molecule has 0 aliphatic rings. The molecule has 0 aliphatic heterocycles. The van der Waals surface area contributed by atoms with Crippen LogP contribution in [0, 0.1) is 16.0 Å². The monoisotopic (exact) mass is 268 g/mol. The number of hydrogen-bond acceptors (Lipinski definition) is 6. The number of rotatable bonds is 6. The van der Waals surface area contributed by atoms with Gasteiger partial charge in [-0.05, 0) is 12.0 Å². The molecule has 1 unspecified atom stereocenters. The normalized spacial score (nSPS) is 11.9. The second kappa shape index (κ2) is 6.64. The highest BCUT2D eigenvalue weighted by Crippen LogP contribution is 2.18. The number of pyridine rings is 1. The first-order valence-corrected chi connectivity index (χ1v) is 5.62. The van der Waals surface area contributed by atoms with E-state index in [-0.39, 0.29) is 23.0 Å². The predicted molar refractivity (Wildman–Crippen MR) is 68.7 cm³/mol. The van der Waals surface area contributed by atoms with Crippen LogP contribution in [0.2, 0.25) is 0 Å². The van der Waals surface area contributed by atoms with Gasteiger partial charge < -0.3 is 15.8 Å². The number of nitrogen functional groups attached to an aromatic ring is 1. The molecule has 1 aromatic rings. The summed E-state index contributed by atoms with van der Waals surface area (Å²) in [5.74, 6) is -0.392. The molecule has 8 heteroatoms. The highest BCUT2D eigenvalue weighted by molar-refractivity contribution is 5.98. The van der Waals surface area contributed by atoms with Gasteiger partial charge in [-0.2, -0.15) is 0 Å². The van der Waals surface area contributed by atoms with Crippen molar-refractivity contribution in [2.75, 3.05) is 26.0 Å². The average Bonchev–Trinajstić information content (AvgIpc) is 2.35. The molecule has 3 N–H and O–H groups in total. The van der Waals surface area contributed by atoms with Gasteiger partial charge in [0.1, 0.15) is 17.6 Å². The summed E-state index contributed by atoms with van der Waals surface area (Å²) in [7, 11) is 1.56. The number of carbonyl (C=O) groups is 1. The van der Waals surface area contributed by atoms with Crippen LogP contribution in [0.4, 0.5) is 11.5 Å². The highest BCUT2D eigenvalue weighted by Gasteiger charge is 2.21. The molecule has 0 aliphatic carbocycles. The first-order valence-electron chi connectivity index (χ1n) is 5.62. The van der Waals surface area contributed by atoms with Crippen LogP contribution in [-0.2, 0) is 4.74 Å². The number of ether oxygens (including phenoxy) is 1. The Morgan fingerprint density at radius 1 is 1.68 bits per heavy atom. The number of aromatic nitrogens is 1. The van der Waals surface area contributed by atoms with Gasteiger partial charge in [-0.25, -0.2) is 4.98 Å². The van der Waals surface area contributed by atoms with E-state index in [0.29, 0.717) is 13.2 Å². The number of nitrogens with two attached hydrogens (primary N) is 1. The first kappa shape index (κ1) is 14.8. The van der Waals surface area contributed by atoms with Gasteiger partial charge in [-0.3, -0.25) is 14.9 Å². The summed E-state index contributed by atoms with van der Waals surface area (Å²) < 4.78 is 4.93. The Labute approximate surface area is 110 Å². The number of nitro groups is 1. The minimum Gasteiger partial charge on any atom is -0.384 e. The van der Waals surface area contributed by atoms with Crippen LogP contribution in [0.5, 0.6) is 0 Å². The van der Waals surface area contributed by atoms with E-state index < -0.39 is 10.8 Å². The average molecular weight is 268 g/mol.